The van der Waals surface area contributed by atoms with Gasteiger partial charge in [-0.3, -0.25) is 0 Å². The Kier molecular flexibility index (Phi) is 3.56. The molecule has 6 heteroatoms. The maximum atomic E-state index is 8.80. The van der Waals surface area contributed by atoms with Crippen molar-refractivity contribution in [2.45, 2.75) is 0 Å². The van der Waals surface area contributed by atoms with Gasteiger partial charge in [0.2, 0.25) is 5.88 Å². The van der Waals surface area contributed by atoms with E-state index in [4.69, 9.17) is 38.9 Å². The average molecular weight is 280 g/mol. The fourth-order valence-corrected chi connectivity index (χ4v) is 1.55. The molecule has 1 aromatic heterocycles. The van der Waals surface area contributed by atoms with E-state index >= 15 is 0 Å². The zero-order valence-electron chi connectivity index (χ0n) is 9.02. The number of halogens is 2. The normalized spacial score (nSPS) is 9.83. The number of benzene rings is 1. The van der Waals surface area contributed by atoms with Gasteiger partial charge in [0, 0.05) is 12.1 Å². The Morgan fingerprint density at radius 3 is 2.61 bits per heavy atom. The Balaban J connectivity index is 2.29. The van der Waals surface area contributed by atoms with Crippen LogP contribution in [0.2, 0.25) is 10.0 Å². The first-order valence-corrected chi connectivity index (χ1v) is 5.65. The minimum Gasteiger partial charge on any atom is -0.439 e. The molecule has 0 unspecified atom stereocenters. The first-order chi connectivity index (χ1) is 8.60. The fourth-order valence-electron chi connectivity index (χ4n) is 1.26. The van der Waals surface area contributed by atoms with Crippen molar-refractivity contribution in [1.82, 2.24) is 4.98 Å². The zero-order valence-corrected chi connectivity index (χ0v) is 10.5. The molecule has 0 saturated carbocycles. The Bertz CT molecular complexity index is 638. The number of aromatic nitrogens is 1. The van der Waals surface area contributed by atoms with Crippen LogP contribution in [0.15, 0.2) is 30.3 Å². The van der Waals surface area contributed by atoms with Crippen LogP contribution >= 0.6 is 23.2 Å². The van der Waals surface area contributed by atoms with E-state index in [2.05, 4.69) is 4.98 Å². The van der Waals surface area contributed by atoms with Crippen LogP contribution in [0.1, 0.15) is 5.69 Å². The lowest BCUT2D eigenvalue weighted by atomic mass is 10.3. The van der Waals surface area contributed by atoms with Crippen LogP contribution in [0, 0.1) is 11.3 Å². The monoisotopic (exact) mass is 279 g/mol. The van der Waals surface area contributed by atoms with Crippen molar-refractivity contribution in [2.24, 2.45) is 0 Å². The molecule has 0 bridgehead atoms. The fraction of sp³-hybridized carbons (Fsp3) is 0. The van der Waals surface area contributed by atoms with Crippen LogP contribution in [-0.4, -0.2) is 4.98 Å². The van der Waals surface area contributed by atoms with E-state index in [1.165, 1.54) is 0 Å². The van der Waals surface area contributed by atoms with Gasteiger partial charge in [-0.2, -0.15) is 5.26 Å². The second kappa shape index (κ2) is 5.13. The number of hydrogen-bond donors (Lipinski definition) is 1. The number of nitrogens with zero attached hydrogens (tertiary/aromatic N) is 2. The maximum Gasteiger partial charge on any atom is 0.220 e. The highest BCUT2D eigenvalue weighted by molar-refractivity contribution is 6.42. The molecule has 0 amide bonds. The van der Waals surface area contributed by atoms with Crippen LogP contribution < -0.4 is 10.5 Å². The molecule has 0 radical (unpaired) electrons. The highest BCUT2D eigenvalue weighted by Crippen LogP contribution is 2.29. The molecule has 1 aromatic carbocycles. The number of nitrogen functional groups attached to an aromatic ring is 1. The predicted octanol–water partition coefficient (Wildman–Crippen LogP) is 3.63. The van der Waals surface area contributed by atoms with E-state index in [0.717, 1.165) is 0 Å². The number of hydrogen-bond acceptors (Lipinski definition) is 4. The number of rotatable bonds is 2. The SMILES string of the molecule is N#Cc1nc(Oc2ccc(Cl)c(Cl)c2)ccc1N. The van der Waals surface area contributed by atoms with E-state index in [9.17, 15) is 0 Å². The maximum absolute atomic E-state index is 8.80. The predicted molar refractivity (Wildman–Crippen MR) is 69.9 cm³/mol. The molecule has 0 aliphatic rings. The van der Waals surface area contributed by atoms with E-state index in [1.54, 1.807) is 30.3 Å². The second-order valence-corrected chi connectivity index (χ2v) is 4.19. The number of pyridine rings is 1. The first kappa shape index (κ1) is 12.5. The summed E-state index contributed by atoms with van der Waals surface area (Å²) in [6.45, 7) is 0. The summed E-state index contributed by atoms with van der Waals surface area (Å²) >= 11 is 11.6. The second-order valence-electron chi connectivity index (χ2n) is 3.38. The van der Waals surface area contributed by atoms with Gasteiger partial charge in [-0.15, -0.1) is 0 Å². The van der Waals surface area contributed by atoms with E-state index < -0.39 is 0 Å². The van der Waals surface area contributed by atoms with Gasteiger partial charge in [0.05, 0.1) is 15.7 Å². The molecule has 0 fully saturated rings. The molecule has 2 aromatic rings. The average Bonchev–Trinajstić information content (AvgIpc) is 2.36. The molecule has 1 heterocycles. The lowest BCUT2D eigenvalue weighted by Gasteiger charge is -2.06. The van der Waals surface area contributed by atoms with Crippen LogP contribution in [0.25, 0.3) is 0 Å². The van der Waals surface area contributed by atoms with Crippen molar-refractivity contribution in [3.63, 3.8) is 0 Å². The van der Waals surface area contributed by atoms with Gasteiger partial charge >= 0.3 is 0 Å². The molecule has 90 valence electrons. The Morgan fingerprint density at radius 2 is 1.94 bits per heavy atom. The molecule has 0 aliphatic heterocycles. The molecule has 0 aliphatic carbocycles. The van der Waals surface area contributed by atoms with Gasteiger partial charge in [0.1, 0.15) is 11.8 Å². The van der Waals surface area contributed by atoms with Crippen LogP contribution in [0.5, 0.6) is 11.6 Å². The third-order valence-corrected chi connectivity index (χ3v) is 2.86. The number of ether oxygens (including phenoxy) is 1. The van der Waals surface area contributed by atoms with Crippen molar-refractivity contribution < 1.29 is 4.74 Å². The molecule has 2 rings (SSSR count). The summed E-state index contributed by atoms with van der Waals surface area (Å²) in [6, 6.07) is 9.83. The summed E-state index contributed by atoms with van der Waals surface area (Å²) in [5, 5.41) is 9.62. The minimum absolute atomic E-state index is 0.118. The third-order valence-electron chi connectivity index (χ3n) is 2.12. The van der Waals surface area contributed by atoms with Crippen molar-refractivity contribution in [1.29, 1.82) is 5.26 Å². The van der Waals surface area contributed by atoms with E-state index in [1.807, 2.05) is 6.07 Å². The summed E-state index contributed by atoms with van der Waals surface area (Å²) in [4.78, 5) is 3.95. The number of nitrogens with two attached hydrogens (primary N) is 1. The summed E-state index contributed by atoms with van der Waals surface area (Å²) in [5.41, 5.74) is 5.98. The number of nitriles is 1. The van der Waals surface area contributed by atoms with Crippen molar-refractivity contribution >= 4 is 28.9 Å². The summed E-state index contributed by atoms with van der Waals surface area (Å²) in [7, 11) is 0. The lowest BCUT2D eigenvalue weighted by molar-refractivity contribution is 0.462. The molecule has 0 atom stereocenters. The van der Waals surface area contributed by atoms with Crippen LogP contribution in [-0.2, 0) is 0 Å². The largest absolute Gasteiger partial charge is 0.439 e. The topological polar surface area (TPSA) is 71.9 Å². The molecule has 18 heavy (non-hydrogen) atoms. The summed E-state index contributed by atoms with van der Waals surface area (Å²) in [6.07, 6.45) is 0. The minimum atomic E-state index is 0.118. The molecule has 0 spiro atoms. The smallest absolute Gasteiger partial charge is 0.220 e. The van der Waals surface area contributed by atoms with Gasteiger partial charge in [-0.25, -0.2) is 4.98 Å². The van der Waals surface area contributed by atoms with Crippen molar-refractivity contribution in [3.05, 3.63) is 46.1 Å². The molecule has 0 saturated heterocycles. The highest BCUT2D eigenvalue weighted by atomic mass is 35.5. The summed E-state index contributed by atoms with van der Waals surface area (Å²) < 4.78 is 5.45. The van der Waals surface area contributed by atoms with Crippen LogP contribution in [0.3, 0.4) is 0 Å². The Morgan fingerprint density at radius 1 is 1.17 bits per heavy atom. The van der Waals surface area contributed by atoms with Crippen molar-refractivity contribution in [3.8, 4) is 17.7 Å². The standard InChI is InChI=1S/C12H7Cl2N3O/c13-8-2-1-7(5-9(8)14)18-12-4-3-10(16)11(6-15)17-12/h1-5H,16H2. The van der Waals surface area contributed by atoms with Gasteiger partial charge in [0.25, 0.3) is 0 Å². The summed E-state index contributed by atoms with van der Waals surface area (Å²) in [5.74, 6) is 0.740. The van der Waals surface area contributed by atoms with E-state index in [-0.39, 0.29) is 11.6 Å². The molecule has 2 N–H and O–H groups in total. The number of anilines is 1. The van der Waals surface area contributed by atoms with Gasteiger partial charge in [-0.1, -0.05) is 23.2 Å². The van der Waals surface area contributed by atoms with Crippen LogP contribution in [0.4, 0.5) is 5.69 Å². The Labute approximate surface area is 114 Å². The first-order valence-electron chi connectivity index (χ1n) is 4.89. The Hall–Kier alpha value is -1.96. The lowest BCUT2D eigenvalue weighted by Crippen LogP contribution is -1.96. The molecule has 4 nitrogen and oxygen atoms in total. The van der Waals surface area contributed by atoms with Gasteiger partial charge in [-0.05, 0) is 18.2 Å². The molecular weight excluding hydrogens is 273 g/mol. The molecular formula is C12H7Cl2N3O. The highest BCUT2D eigenvalue weighted by Gasteiger charge is 2.05. The van der Waals surface area contributed by atoms with Gasteiger partial charge in [0.15, 0.2) is 5.69 Å². The van der Waals surface area contributed by atoms with Gasteiger partial charge < -0.3 is 10.5 Å². The van der Waals surface area contributed by atoms with Crippen molar-refractivity contribution in [2.75, 3.05) is 5.73 Å². The zero-order chi connectivity index (χ0) is 13.1. The quantitative estimate of drug-likeness (QED) is 0.911. The third kappa shape index (κ3) is 2.65. The van der Waals surface area contributed by atoms with E-state index in [0.29, 0.717) is 21.5 Å².